The summed E-state index contributed by atoms with van der Waals surface area (Å²) in [5.74, 6) is -2.40. The quantitative estimate of drug-likeness (QED) is 0.940. The number of aromatic nitrogens is 2. The second-order valence-electron chi connectivity index (χ2n) is 4.92. The third-order valence-corrected chi connectivity index (χ3v) is 2.80. The number of hydrogen-bond donors (Lipinski definition) is 1. The zero-order valence-electron chi connectivity index (χ0n) is 10.9. The van der Waals surface area contributed by atoms with E-state index in [1.807, 2.05) is 0 Å². The van der Waals surface area contributed by atoms with Crippen LogP contribution in [0.25, 0.3) is 11.0 Å². The minimum absolute atomic E-state index is 0.0148. The molecule has 2 aromatic rings. The average Bonchev–Trinajstić information content (AvgIpc) is 2.67. The SMILES string of the molecule is CC(C)Cn1c(C(F)(F)F)nc2cccc(C(=O)O)c21. The Kier molecular flexibility index (Phi) is 3.45. The van der Waals surface area contributed by atoms with Crippen LogP contribution >= 0.6 is 0 Å². The summed E-state index contributed by atoms with van der Waals surface area (Å²) >= 11 is 0. The number of halogens is 3. The van der Waals surface area contributed by atoms with Crippen molar-refractivity contribution in [2.75, 3.05) is 0 Å². The molecule has 1 heterocycles. The minimum Gasteiger partial charge on any atom is -0.478 e. The summed E-state index contributed by atoms with van der Waals surface area (Å²) in [5, 5.41) is 9.13. The van der Waals surface area contributed by atoms with Crippen LogP contribution in [0, 0.1) is 5.92 Å². The topological polar surface area (TPSA) is 55.1 Å². The molecule has 1 aromatic carbocycles. The first-order valence-electron chi connectivity index (χ1n) is 6.01. The Morgan fingerprint density at radius 3 is 2.55 bits per heavy atom. The summed E-state index contributed by atoms with van der Waals surface area (Å²) in [4.78, 5) is 14.7. The van der Waals surface area contributed by atoms with Crippen LogP contribution in [0.5, 0.6) is 0 Å². The van der Waals surface area contributed by atoms with Gasteiger partial charge in [0.1, 0.15) is 0 Å². The van der Waals surface area contributed by atoms with Crippen molar-refractivity contribution in [1.82, 2.24) is 9.55 Å². The van der Waals surface area contributed by atoms with E-state index in [-0.39, 0.29) is 29.1 Å². The van der Waals surface area contributed by atoms with Gasteiger partial charge in [0.05, 0.1) is 16.6 Å². The van der Waals surface area contributed by atoms with Crippen LogP contribution in [0.1, 0.15) is 30.0 Å². The van der Waals surface area contributed by atoms with Crippen molar-refractivity contribution >= 4 is 17.0 Å². The second kappa shape index (κ2) is 4.81. The normalized spacial score (nSPS) is 12.3. The Morgan fingerprint density at radius 2 is 2.05 bits per heavy atom. The molecule has 0 amide bonds. The van der Waals surface area contributed by atoms with Crippen LogP contribution in [-0.2, 0) is 12.7 Å². The first-order chi connectivity index (χ1) is 9.21. The zero-order chi connectivity index (χ0) is 15.1. The first-order valence-corrected chi connectivity index (χ1v) is 6.01. The van der Waals surface area contributed by atoms with Crippen LogP contribution in [-0.4, -0.2) is 20.6 Å². The van der Waals surface area contributed by atoms with E-state index >= 15 is 0 Å². The highest BCUT2D eigenvalue weighted by atomic mass is 19.4. The number of hydrogen-bond acceptors (Lipinski definition) is 2. The number of para-hydroxylation sites is 1. The van der Waals surface area contributed by atoms with Crippen LogP contribution < -0.4 is 0 Å². The van der Waals surface area contributed by atoms with E-state index in [1.54, 1.807) is 13.8 Å². The maximum absolute atomic E-state index is 13.0. The van der Waals surface area contributed by atoms with Crippen molar-refractivity contribution in [3.8, 4) is 0 Å². The molecule has 108 valence electrons. The summed E-state index contributed by atoms with van der Waals surface area (Å²) in [5.41, 5.74) is -0.120. The van der Waals surface area contributed by atoms with Gasteiger partial charge in [0, 0.05) is 6.54 Å². The number of carbonyl (C=O) groups is 1. The third kappa shape index (κ3) is 2.48. The molecule has 2 rings (SSSR count). The summed E-state index contributed by atoms with van der Waals surface area (Å²) in [6, 6.07) is 4.05. The van der Waals surface area contributed by atoms with Crippen molar-refractivity contribution in [3.05, 3.63) is 29.6 Å². The summed E-state index contributed by atoms with van der Waals surface area (Å²) in [7, 11) is 0. The van der Waals surface area contributed by atoms with E-state index in [9.17, 15) is 18.0 Å². The second-order valence-corrected chi connectivity index (χ2v) is 4.92. The maximum atomic E-state index is 13.0. The lowest BCUT2D eigenvalue weighted by Gasteiger charge is -2.14. The zero-order valence-corrected chi connectivity index (χ0v) is 10.9. The fraction of sp³-hybridized carbons (Fsp3) is 0.385. The molecule has 4 nitrogen and oxygen atoms in total. The highest BCUT2D eigenvalue weighted by Crippen LogP contribution is 2.33. The van der Waals surface area contributed by atoms with Gasteiger partial charge in [0.15, 0.2) is 0 Å². The predicted octanol–water partition coefficient (Wildman–Crippen LogP) is 3.41. The Balaban J connectivity index is 2.82. The van der Waals surface area contributed by atoms with Gasteiger partial charge in [-0.3, -0.25) is 0 Å². The number of rotatable bonds is 3. The monoisotopic (exact) mass is 286 g/mol. The Bertz CT molecular complexity index is 659. The highest BCUT2D eigenvalue weighted by Gasteiger charge is 2.38. The average molecular weight is 286 g/mol. The molecule has 0 saturated heterocycles. The standard InChI is InChI=1S/C13H13F3N2O2/c1-7(2)6-18-10-8(11(19)20)4-3-5-9(10)17-12(18)13(14,15)16/h3-5,7H,6H2,1-2H3,(H,19,20). The fourth-order valence-corrected chi connectivity index (χ4v) is 2.12. The van der Waals surface area contributed by atoms with Crippen LogP contribution in [0.4, 0.5) is 13.2 Å². The van der Waals surface area contributed by atoms with E-state index in [1.165, 1.54) is 18.2 Å². The van der Waals surface area contributed by atoms with E-state index in [4.69, 9.17) is 5.11 Å². The molecule has 0 unspecified atom stereocenters. The Hall–Kier alpha value is -2.05. The summed E-state index contributed by atoms with van der Waals surface area (Å²) < 4.78 is 40.1. The number of carboxylic acid groups (broad SMARTS) is 1. The molecule has 0 atom stereocenters. The molecule has 0 radical (unpaired) electrons. The summed E-state index contributed by atoms with van der Waals surface area (Å²) in [6.07, 6.45) is -4.62. The van der Waals surface area contributed by atoms with E-state index in [2.05, 4.69) is 4.98 Å². The molecular formula is C13H13F3N2O2. The molecule has 0 aliphatic carbocycles. The van der Waals surface area contributed by atoms with Crippen molar-refractivity contribution < 1.29 is 23.1 Å². The van der Waals surface area contributed by atoms with Gasteiger partial charge in [-0.05, 0) is 18.1 Å². The number of alkyl halides is 3. The lowest BCUT2D eigenvalue weighted by Crippen LogP contribution is -2.18. The molecule has 20 heavy (non-hydrogen) atoms. The van der Waals surface area contributed by atoms with Crippen LogP contribution in [0.15, 0.2) is 18.2 Å². The molecule has 0 spiro atoms. The molecular weight excluding hydrogens is 273 g/mol. The van der Waals surface area contributed by atoms with Crippen LogP contribution in [0.3, 0.4) is 0 Å². The molecule has 0 saturated carbocycles. The predicted molar refractivity (Wildman–Crippen MR) is 66.5 cm³/mol. The Labute approximate surface area is 112 Å². The largest absolute Gasteiger partial charge is 0.478 e. The van der Waals surface area contributed by atoms with E-state index in [0.29, 0.717) is 0 Å². The highest BCUT2D eigenvalue weighted by molar-refractivity contribution is 6.01. The molecule has 0 fully saturated rings. The lowest BCUT2D eigenvalue weighted by atomic mass is 10.1. The van der Waals surface area contributed by atoms with Gasteiger partial charge >= 0.3 is 12.1 Å². The van der Waals surface area contributed by atoms with Crippen LogP contribution in [0.2, 0.25) is 0 Å². The minimum atomic E-state index is -4.62. The fourth-order valence-electron chi connectivity index (χ4n) is 2.12. The van der Waals surface area contributed by atoms with Gasteiger partial charge in [-0.2, -0.15) is 13.2 Å². The number of fused-ring (bicyclic) bond motifs is 1. The molecule has 1 N–H and O–H groups in total. The molecule has 7 heteroatoms. The van der Waals surface area contributed by atoms with Crippen molar-refractivity contribution in [1.29, 1.82) is 0 Å². The van der Waals surface area contributed by atoms with Gasteiger partial charge in [-0.15, -0.1) is 0 Å². The smallest absolute Gasteiger partial charge is 0.449 e. The molecule has 0 bridgehead atoms. The van der Waals surface area contributed by atoms with Gasteiger partial charge in [0.25, 0.3) is 0 Å². The van der Waals surface area contributed by atoms with Gasteiger partial charge in [-0.1, -0.05) is 19.9 Å². The van der Waals surface area contributed by atoms with Gasteiger partial charge in [0.2, 0.25) is 5.82 Å². The number of carboxylic acids is 1. The van der Waals surface area contributed by atoms with Crippen molar-refractivity contribution in [2.24, 2.45) is 5.92 Å². The number of imidazole rings is 1. The van der Waals surface area contributed by atoms with E-state index in [0.717, 1.165) is 4.57 Å². The Morgan fingerprint density at radius 1 is 1.40 bits per heavy atom. The maximum Gasteiger partial charge on any atom is 0.449 e. The number of aromatic carboxylic acids is 1. The summed E-state index contributed by atoms with van der Waals surface area (Å²) in [6.45, 7) is 3.57. The number of benzene rings is 1. The third-order valence-electron chi connectivity index (χ3n) is 2.80. The number of nitrogens with zero attached hydrogens (tertiary/aromatic N) is 2. The lowest BCUT2D eigenvalue weighted by molar-refractivity contribution is -0.147. The molecule has 0 aliphatic heterocycles. The van der Waals surface area contributed by atoms with Crippen molar-refractivity contribution in [3.63, 3.8) is 0 Å². The van der Waals surface area contributed by atoms with Gasteiger partial charge < -0.3 is 9.67 Å². The van der Waals surface area contributed by atoms with E-state index < -0.39 is 18.0 Å². The first kappa shape index (κ1) is 14.4. The van der Waals surface area contributed by atoms with Gasteiger partial charge in [-0.25, -0.2) is 9.78 Å². The van der Waals surface area contributed by atoms with Crippen molar-refractivity contribution in [2.45, 2.75) is 26.6 Å². The molecule has 1 aromatic heterocycles. The molecule has 0 aliphatic rings.